The number of hydrogen-bond donors (Lipinski definition) is 0. The zero-order chi connectivity index (χ0) is 17.9. The van der Waals surface area contributed by atoms with Crippen molar-refractivity contribution in [3.63, 3.8) is 0 Å². The molecule has 4 fully saturated rings. The van der Waals surface area contributed by atoms with Crippen LogP contribution in [0.5, 0.6) is 0 Å². The van der Waals surface area contributed by atoms with E-state index in [2.05, 4.69) is 34.6 Å². The lowest BCUT2D eigenvalue weighted by atomic mass is 9.52. The lowest BCUT2D eigenvalue weighted by Crippen LogP contribution is -2.44. The summed E-state index contributed by atoms with van der Waals surface area (Å²) >= 11 is 0. The van der Waals surface area contributed by atoms with Gasteiger partial charge in [-0.3, -0.25) is 0 Å². The van der Waals surface area contributed by atoms with Crippen molar-refractivity contribution < 1.29 is 0 Å². The molecule has 0 aromatic heterocycles. The topological polar surface area (TPSA) is 0 Å². The fourth-order valence-corrected chi connectivity index (χ4v) is 8.25. The fourth-order valence-electron chi connectivity index (χ4n) is 8.25. The SMILES string of the molecule is CCC(C)C1CCC(C2CCC3CC4(CC4)CCC3(C)C2)C1(C)CC. The Morgan fingerprint density at radius 3 is 2.24 bits per heavy atom. The summed E-state index contributed by atoms with van der Waals surface area (Å²) in [4.78, 5) is 0. The minimum Gasteiger partial charge on any atom is -0.0651 e. The van der Waals surface area contributed by atoms with Crippen LogP contribution >= 0.6 is 0 Å². The molecule has 0 heteroatoms. The highest BCUT2D eigenvalue weighted by molar-refractivity contribution is 5.07. The van der Waals surface area contributed by atoms with Crippen molar-refractivity contribution in [1.82, 2.24) is 0 Å². The third-order valence-corrected chi connectivity index (χ3v) is 10.6. The van der Waals surface area contributed by atoms with Gasteiger partial charge in [-0.05, 0) is 110 Å². The number of hydrogen-bond acceptors (Lipinski definition) is 0. The molecule has 4 saturated carbocycles. The zero-order valence-electron chi connectivity index (χ0n) is 17.9. The summed E-state index contributed by atoms with van der Waals surface area (Å²) in [5.74, 6) is 5.03. The molecular formula is C25H44. The molecule has 0 bridgehead atoms. The molecule has 4 aliphatic carbocycles. The van der Waals surface area contributed by atoms with Crippen molar-refractivity contribution in [2.45, 2.75) is 112 Å². The number of rotatable bonds is 4. The van der Waals surface area contributed by atoms with Gasteiger partial charge < -0.3 is 0 Å². The molecule has 4 rings (SSSR count). The minimum atomic E-state index is 0.621. The van der Waals surface area contributed by atoms with Crippen LogP contribution in [0.25, 0.3) is 0 Å². The number of fused-ring (bicyclic) bond motifs is 1. The fraction of sp³-hybridized carbons (Fsp3) is 1.00. The molecule has 0 saturated heterocycles. The highest BCUT2D eigenvalue weighted by Gasteiger charge is 2.56. The molecule has 25 heavy (non-hydrogen) atoms. The van der Waals surface area contributed by atoms with Crippen LogP contribution in [0.4, 0.5) is 0 Å². The van der Waals surface area contributed by atoms with Crippen LogP contribution < -0.4 is 0 Å². The van der Waals surface area contributed by atoms with Gasteiger partial charge in [0, 0.05) is 0 Å². The van der Waals surface area contributed by atoms with Gasteiger partial charge in [0.15, 0.2) is 0 Å². The summed E-state index contributed by atoms with van der Waals surface area (Å²) in [6.45, 7) is 12.8. The molecule has 7 unspecified atom stereocenters. The van der Waals surface area contributed by atoms with Gasteiger partial charge in [-0.25, -0.2) is 0 Å². The Morgan fingerprint density at radius 1 is 0.880 bits per heavy atom. The lowest BCUT2D eigenvalue weighted by Gasteiger charge is -2.53. The summed E-state index contributed by atoms with van der Waals surface area (Å²) in [6, 6.07) is 0. The highest BCUT2D eigenvalue weighted by atomic mass is 14.6. The van der Waals surface area contributed by atoms with Gasteiger partial charge in [0.05, 0.1) is 0 Å². The molecule has 0 nitrogen and oxygen atoms in total. The van der Waals surface area contributed by atoms with E-state index in [0.29, 0.717) is 10.8 Å². The van der Waals surface area contributed by atoms with Gasteiger partial charge in [0.2, 0.25) is 0 Å². The first kappa shape index (κ1) is 18.4. The van der Waals surface area contributed by atoms with Gasteiger partial charge in [0.1, 0.15) is 0 Å². The van der Waals surface area contributed by atoms with Gasteiger partial charge in [-0.2, -0.15) is 0 Å². The third kappa shape index (κ3) is 2.93. The van der Waals surface area contributed by atoms with Crippen molar-refractivity contribution in [3.8, 4) is 0 Å². The Kier molecular flexibility index (Phi) is 4.61. The van der Waals surface area contributed by atoms with E-state index in [1.54, 1.807) is 51.4 Å². The van der Waals surface area contributed by atoms with Gasteiger partial charge in [-0.1, -0.05) is 47.5 Å². The van der Waals surface area contributed by atoms with Crippen LogP contribution in [0, 0.1) is 45.8 Å². The third-order valence-electron chi connectivity index (χ3n) is 10.6. The van der Waals surface area contributed by atoms with E-state index >= 15 is 0 Å². The molecule has 0 aromatic rings. The molecule has 1 spiro atoms. The van der Waals surface area contributed by atoms with Crippen LogP contribution in [0.3, 0.4) is 0 Å². The van der Waals surface area contributed by atoms with E-state index in [0.717, 1.165) is 35.0 Å². The first-order valence-corrected chi connectivity index (χ1v) is 11.9. The molecule has 144 valence electrons. The molecule has 0 N–H and O–H groups in total. The summed E-state index contributed by atoms with van der Waals surface area (Å²) in [5.41, 5.74) is 2.17. The first-order valence-electron chi connectivity index (χ1n) is 11.9. The standard InChI is InChI=1S/C25H44/c1-6-18(3)21-10-11-22(24(21,5)7-2)19-8-9-20-17-25(14-15-25)13-12-23(20,4)16-19/h18-22H,6-17H2,1-5H3. The molecule has 4 aliphatic rings. The molecule has 0 heterocycles. The Bertz CT molecular complexity index is 488. The molecule has 0 radical (unpaired) electrons. The monoisotopic (exact) mass is 344 g/mol. The van der Waals surface area contributed by atoms with Crippen LogP contribution in [0.15, 0.2) is 0 Å². The molecular weight excluding hydrogens is 300 g/mol. The summed E-state index contributed by atoms with van der Waals surface area (Å²) < 4.78 is 0. The summed E-state index contributed by atoms with van der Waals surface area (Å²) in [5, 5.41) is 0. The molecule has 0 amide bonds. The van der Waals surface area contributed by atoms with Crippen molar-refractivity contribution in [2.24, 2.45) is 45.8 Å². The smallest absolute Gasteiger partial charge is 0.0267 e. The zero-order valence-corrected chi connectivity index (χ0v) is 17.9. The average Bonchev–Trinajstić information content (AvgIpc) is 3.28. The van der Waals surface area contributed by atoms with Crippen molar-refractivity contribution in [1.29, 1.82) is 0 Å². The Labute approximate surface area is 157 Å². The van der Waals surface area contributed by atoms with Crippen LogP contribution in [-0.2, 0) is 0 Å². The van der Waals surface area contributed by atoms with Crippen LogP contribution in [0.2, 0.25) is 0 Å². The predicted octanol–water partition coefficient (Wildman–Crippen LogP) is 7.86. The Balaban J connectivity index is 1.49. The van der Waals surface area contributed by atoms with E-state index in [1.165, 1.54) is 25.7 Å². The second-order valence-electron chi connectivity index (χ2n) is 11.6. The van der Waals surface area contributed by atoms with Crippen molar-refractivity contribution in [2.75, 3.05) is 0 Å². The second kappa shape index (κ2) is 6.27. The molecule has 0 aromatic carbocycles. The van der Waals surface area contributed by atoms with Gasteiger partial charge in [-0.15, -0.1) is 0 Å². The van der Waals surface area contributed by atoms with E-state index < -0.39 is 0 Å². The van der Waals surface area contributed by atoms with E-state index in [-0.39, 0.29) is 0 Å². The van der Waals surface area contributed by atoms with Crippen LogP contribution in [-0.4, -0.2) is 0 Å². The molecule has 0 aliphatic heterocycles. The van der Waals surface area contributed by atoms with Gasteiger partial charge in [0.25, 0.3) is 0 Å². The minimum absolute atomic E-state index is 0.621. The van der Waals surface area contributed by atoms with E-state index in [4.69, 9.17) is 0 Å². The maximum Gasteiger partial charge on any atom is -0.0267 e. The van der Waals surface area contributed by atoms with Gasteiger partial charge >= 0.3 is 0 Å². The predicted molar refractivity (Wildman–Crippen MR) is 109 cm³/mol. The quantitative estimate of drug-likeness (QED) is 0.487. The summed E-state index contributed by atoms with van der Waals surface area (Å²) in [7, 11) is 0. The van der Waals surface area contributed by atoms with Crippen molar-refractivity contribution >= 4 is 0 Å². The average molecular weight is 345 g/mol. The maximum atomic E-state index is 2.70. The van der Waals surface area contributed by atoms with Crippen molar-refractivity contribution in [3.05, 3.63) is 0 Å². The summed E-state index contributed by atoms with van der Waals surface area (Å²) in [6.07, 6.45) is 18.4. The second-order valence-corrected chi connectivity index (χ2v) is 11.6. The van der Waals surface area contributed by atoms with E-state index in [9.17, 15) is 0 Å². The molecule has 7 atom stereocenters. The first-order chi connectivity index (χ1) is 11.9. The Morgan fingerprint density at radius 2 is 1.60 bits per heavy atom. The maximum absolute atomic E-state index is 2.70. The highest BCUT2D eigenvalue weighted by Crippen LogP contribution is 2.67. The lowest BCUT2D eigenvalue weighted by molar-refractivity contribution is -0.0343. The van der Waals surface area contributed by atoms with E-state index in [1.807, 2.05) is 0 Å². The van der Waals surface area contributed by atoms with Crippen LogP contribution in [0.1, 0.15) is 112 Å². The Hall–Kier alpha value is 0. The normalized spacial score (nSPS) is 49.8. The largest absolute Gasteiger partial charge is 0.0651 e.